The summed E-state index contributed by atoms with van der Waals surface area (Å²) in [5.74, 6) is -1.09. The second-order valence-electron chi connectivity index (χ2n) is 7.46. The molecule has 1 aromatic carbocycles. The molecule has 0 aromatic heterocycles. The highest BCUT2D eigenvalue weighted by atomic mass is 16.6. The lowest BCUT2D eigenvalue weighted by Crippen LogP contribution is -2.44. The van der Waals surface area contributed by atoms with E-state index < -0.39 is 23.7 Å². The molecular formula is C19H26N2O6. The van der Waals surface area contributed by atoms with E-state index in [2.05, 4.69) is 10.6 Å². The van der Waals surface area contributed by atoms with E-state index in [-0.39, 0.29) is 18.4 Å². The number of nitrogens with one attached hydrogen (secondary N) is 2. The predicted molar refractivity (Wildman–Crippen MR) is 97.6 cm³/mol. The Morgan fingerprint density at radius 2 is 1.93 bits per heavy atom. The Bertz CT molecular complexity index is 674. The monoisotopic (exact) mass is 378 g/mol. The number of alkyl carbamates (subject to hydrolysis) is 1. The Morgan fingerprint density at radius 3 is 2.44 bits per heavy atom. The van der Waals surface area contributed by atoms with Gasteiger partial charge in [0.05, 0.1) is 0 Å². The standard InChI is InChI=1S/C19H26N2O6/c1-19(2,3)27-18(25)21-15(16(22)23)11-12-6-8-13(9-7-12)26-17(24)14-5-4-10-20-14/h6-9,14-15,20H,4-5,10-11H2,1-3H3,(H,21,25)(H,22,23)/t14-,15?/m1/s1. The third kappa shape index (κ3) is 6.90. The van der Waals surface area contributed by atoms with Crippen LogP contribution in [0.2, 0.25) is 0 Å². The maximum atomic E-state index is 12.0. The zero-order valence-electron chi connectivity index (χ0n) is 15.8. The van der Waals surface area contributed by atoms with Gasteiger partial charge < -0.3 is 25.2 Å². The molecule has 3 N–H and O–H groups in total. The summed E-state index contributed by atoms with van der Waals surface area (Å²) in [6, 6.07) is 5.13. The van der Waals surface area contributed by atoms with Crippen LogP contribution >= 0.6 is 0 Å². The molecule has 1 amide bonds. The zero-order chi connectivity index (χ0) is 20.0. The largest absolute Gasteiger partial charge is 0.480 e. The molecule has 8 nitrogen and oxygen atoms in total. The number of aliphatic carboxylic acids is 1. The summed E-state index contributed by atoms with van der Waals surface area (Å²) in [7, 11) is 0. The maximum absolute atomic E-state index is 12.0. The molecule has 1 aromatic rings. The van der Waals surface area contributed by atoms with Crippen LogP contribution in [0.4, 0.5) is 4.79 Å². The van der Waals surface area contributed by atoms with Gasteiger partial charge in [0, 0.05) is 6.42 Å². The molecule has 2 atom stereocenters. The number of hydrogen-bond acceptors (Lipinski definition) is 6. The van der Waals surface area contributed by atoms with Gasteiger partial charge in [-0.05, 0) is 57.9 Å². The van der Waals surface area contributed by atoms with Gasteiger partial charge in [-0.2, -0.15) is 0 Å². The Hall–Kier alpha value is -2.61. The summed E-state index contributed by atoms with van der Waals surface area (Å²) in [5, 5.41) is 14.7. The fourth-order valence-corrected chi connectivity index (χ4v) is 2.65. The summed E-state index contributed by atoms with van der Waals surface area (Å²) in [4.78, 5) is 35.2. The van der Waals surface area contributed by atoms with E-state index in [1.165, 1.54) is 0 Å². The van der Waals surface area contributed by atoms with E-state index in [4.69, 9.17) is 9.47 Å². The minimum atomic E-state index is -1.16. The molecule has 1 heterocycles. The SMILES string of the molecule is CC(C)(C)OC(=O)NC(Cc1ccc(OC(=O)[C@H]2CCCN2)cc1)C(=O)O. The topological polar surface area (TPSA) is 114 Å². The summed E-state index contributed by atoms with van der Waals surface area (Å²) in [6.45, 7) is 5.90. The summed E-state index contributed by atoms with van der Waals surface area (Å²) in [6.07, 6.45) is 0.991. The maximum Gasteiger partial charge on any atom is 0.408 e. The average molecular weight is 378 g/mol. The van der Waals surface area contributed by atoms with Gasteiger partial charge >= 0.3 is 18.0 Å². The zero-order valence-corrected chi connectivity index (χ0v) is 15.8. The van der Waals surface area contributed by atoms with Crippen molar-refractivity contribution >= 4 is 18.0 Å². The van der Waals surface area contributed by atoms with Crippen LogP contribution in [-0.4, -0.2) is 47.4 Å². The minimum absolute atomic E-state index is 0.0764. The van der Waals surface area contributed by atoms with Crippen molar-refractivity contribution in [2.24, 2.45) is 0 Å². The number of amides is 1. The molecule has 0 aliphatic carbocycles. The molecule has 1 unspecified atom stereocenters. The molecule has 0 bridgehead atoms. The van der Waals surface area contributed by atoms with E-state index in [0.717, 1.165) is 19.4 Å². The summed E-state index contributed by atoms with van der Waals surface area (Å²) < 4.78 is 10.4. The number of carbonyl (C=O) groups excluding carboxylic acids is 2. The van der Waals surface area contributed by atoms with Crippen LogP contribution in [0.25, 0.3) is 0 Å². The van der Waals surface area contributed by atoms with E-state index in [1.807, 2.05) is 0 Å². The molecule has 2 rings (SSSR count). The molecule has 1 aliphatic heterocycles. The second-order valence-corrected chi connectivity index (χ2v) is 7.46. The molecule has 27 heavy (non-hydrogen) atoms. The second kappa shape index (κ2) is 8.85. The first-order valence-electron chi connectivity index (χ1n) is 8.90. The van der Waals surface area contributed by atoms with Crippen LogP contribution in [0.1, 0.15) is 39.2 Å². The first-order chi connectivity index (χ1) is 12.6. The molecule has 0 saturated carbocycles. The predicted octanol–water partition coefficient (Wildman–Crippen LogP) is 1.86. The van der Waals surface area contributed by atoms with Crippen molar-refractivity contribution in [2.45, 2.75) is 57.7 Å². The first-order valence-corrected chi connectivity index (χ1v) is 8.90. The van der Waals surface area contributed by atoms with Gasteiger partial charge in [0.15, 0.2) is 0 Å². The van der Waals surface area contributed by atoms with Crippen LogP contribution in [-0.2, 0) is 20.7 Å². The van der Waals surface area contributed by atoms with Crippen molar-refractivity contribution in [1.82, 2.24) is 10.6 Å². The number of benzene rings is 1. The van der Waals surface area contributed by atoms with Gasteiger partial charge in [0.1, 0.15) is 23.4 Å². The van der Waals surface area contributed by atoms with Crippen molar-refractivity contribution in [1.29, 1.82) is 0 Å². The lowest BCUT2D eigenvalue weighted by atomic mass is 10.1. The highest BCUT2D eigenvalue weighted by Crippen LogP contribution is 2.16. The van der Waals surface area contributed by atoms with Crippen LogP contribution in [0.3, 0.4) is 0 Å². The lowest BCUT2D eigenvalue weighted by molar-refractivity contribution is -0.139. The van der Waals surface area contributed by atoms with Gasteiger partial charge in [-0.15, -0.1) is 0 Å². The first kappa shape index (κ1) is 20.7. The van der Waals surface area contributed by atoms with Crippen LogP contribution in [0.15, 0.2) is 24.3 Å². The van der Waals surface area contributed by atoms with Crippen molar-refractivity contribution in [2.75, 3.05) is 6.54 Å². The highest BCUT2D eigenvalue weighted by molar-refractivity contribution is 5.80. The smallest absolute Gasteiger partial charge is 0.408 e. The van der Waals surface area contributed by atoms with Crippen LogP contribution in [0.5, 0.6) is 5.75 Å². The van der Waals surface area contributed by atoms with Crippen molar-refractivity contribution in [3.05, 3.63) is 29.8 Å². The Morgan fingerprint density at radius 1 is 1.26 bits per heavy atom. The van der Waals surface area contributed by atoms with E-state index in [9.17, 15) is 19.5 Å². The fourth-order valence-electron chi connectivity index (χ4n) is 2.65. The molecule has 1 saturated heterocycles. The molecular weight excluding hydrogens is 352 g/mol. The Balaban J connectivity index is 1.93. The molecule has 148 valence electrons. The lowest BCUT2D eigenvalue weighted by Gasteiger charge is -2.22. The quantitative estimate of drug-likeness (QED) is 0.511. The van der Waals surface area contributed by atoms with E-state index >= 15 is 0 Å². The average Bonchev–Trinajstić information content (AvgIpc) is 3.08. The van der Waals surface area contributed by atoms with Gasteiger partial charge in [-0.3, -0.25) is 0 Å². The normalized spacial score (nSPS) is 17.8. The van der Waals surface area contributed by atoms with Crippen molar-refractivity contribution in [3.8, 4) is 5.75 Å². The van der Waals surface area contributed by atoms with Crippen molar-refractivity contribution < 1.29 is 29.0 Å². The highest BCUT2D eigenvalue weighted by Gasteiger charge is 2.25. The minimum Gasteiger partial charge on any atom is -0.480 e. The molecule has 0 spiro atoms. The van der Waals surface area contributed by atoms with Gasteiger partial charge in [-0.1, -0.05) is 12.1 Å². The van der Waals surface area contributed by atoms with Crippen molar-refractivity contribution in [3.63, 3.8) is 0 Å². The molecule has 1 fully saturated rings. The summed E-state index contributed by atoms with van der Waals surface area (Å²) >= 11 is 0. The number of hydrogen-bond donors (Lipinski definition) is 3. The molecule has 1 aliphatic rings. The summed E-state index contributed by atoms with van der Waals surface area (Å²) in [5.41, 5.74) is -0.0374. The number of carboxylic acids is 1. The third-order valence-electron chi connectivity index (χ3n) is 3.92. The molecule has 8 heteroatoms. The van der Waals surface area contributed by atoms with Crippen LogP contribution < -0.4 is 15.4 Å². The van der Waals surface area contributed by atoms with Gasteiger partial charge in [-0.25, -0.2) is 14.4 Å². The van der Waals surface area contributed by atoms with E-state index in [0.29, 0.717) is 11.3 Å². The number of ether oxygens (including phenoxy) is 2. The fraction of sp³-hybridized carbons (Fsp3) is 0.526. The van der Waals surface area contributed by atoms with Crippen LogP contribution in [0, 0.1) is 0 Å². The van der Waals surface area contributed by atoms with Gasteiger partial charge in [0.2, 0.25) is 0 Å². The number of esters is 1. The number of rotatable bonds is 6. The van der Waals surface area contributed by atoms with Gasteiger partial charge in [0.25, 0.3) is 0 Å². The Labute approximate surface area is 158 Å². The molecule has 0 radical (unpaired) electrons. The number of carboxylic acid groups (broad SMARTS) is 1. The third-order valence-corrected chi connectivity index (χ3v) is 3.92. The Kier molecular flexibility index (Phi) is 6.79. The number of carbonyl (C=O) groups is 3. The van der Waals surface area contributed by atoms with E-state index in [1.54, 1.807) is 45.0 Å².